The summed E-state index contributed by atoms with van der Waals surface area (Å²) in [4.78, 5) is 4.28. The molecule has 1 unspecified atom stereocenters. The lowest BCUT2D eigenvalue weighted by atomic mass is 10.0. The minimum Gasteiger partial charge on any atom is -0.492 e. The molecule has 0 bridgehead atoms. The monoisotopic (exact) mass is 334 g/mol. The number of halogens is 1. The zero-order valence-electron chi connectivity index (χ0n) is 11.8. The molecule has 0 aliphatic heterocycles. The van der Waals surface area contributed by atoms with Crippen LogP contribution in [0.4, 0.5) is 0 Å². The predicted molar refractivity (Wildman–Crippen MR) is 85.1 cm³/mol. The molecule has 20 heavy (non-hydrogen) atoms. The van der Waals surface area contributed by atoms with Gasteiger partial charge in [0.2, 0.25) is 0 Å². The van der Waals surface area contributed by atoms with Gasteiger partial charge in [-0.3, -0.25) is 4.98 Å². The Hall–Kier alpha value is -1.39. The number of benzene rings is 1. The molecule has 0 amide bonds. The van der Waals surface area contributed by atoms with E-state index in [4.69, 9.17) is 4.74 Å². The topological polar surface area (TPSA) is 34.1 Å². The first-order valence-corrected chi connectivity index (χ1v) is 7.54. The van der Waals surface area contributed by atoms with Crippen LogP contribution in [0.2, 0.25) is 0 Å². The number of rotatable bonds is 6. The number of pyridine rings is 1. The quantitative estimate of drug-likeness (QED) is 0.868. The highest BCUT2D eigenvalue weighted by atomic mass is 79.9. The van der Waals surface area contributed by atoms with Gasteiger partial charge in [0.15, 0.2) is 0 Å². The van der Waals surface area contributed by atoms with Crippen molar-refractivity contribution in [1.29, 1.82) is 0 Å². The molecule has 4 heteroatoms. The molecule has 0 aliphatic rings. The van der Waals surface area contributed by atoms with Crippen LogP contribution in [0.5, 0.6) is 5.75 Å². The molecule has 2 aromatic rings. The normalized spacial score (nSPS) is 12.2. The highest BCUT2D eigenvalue weighted by molar-refractivity contribution is 9.10. The standard InChI is InChI=1S/C16H19BrN2O/c1-3-8-20-15-9-13(10-19-11-15)16(18-2)12-4-6-14(17)7-5-12/h4-7,9-11,16,18H,3,8H2,1-2H3. The maximum Gasteiger partial charge on any atom is 0.137 e. The molecule has 1 aromatic carbocycles. The molecule has 0 saturated carbocycles. The lowest BCUT2D eigenvalue weighted by molar-refractivity contribution is 0.315. The summed E-state index contributed by atoms with van der Waals surface area (Å²) in [6.45, 7) is 2.81. The van der Waals surface area contributed by atoms with Gasteiger partial charge >= 0.3 is 0 Å². The van der Waals surface area contributed by atoms with Crippen LogP contribution >= 0.6 is 15.9 Å². The third-order valence-corrected chi connectivity index (χ3v) is 3.56. The zero-order valence-corrected chi connectivity index (χ0v) is 13.4. The van der Waals surface area contributed by atoms with Crippen LogP contribution in [-0.2, 0) is 0 Å². The fourth-order valence-corrected chi connectivity index (χ4v) is 2.34. The maximum atomic E-state index is 5.65. The molecule has 0 saturated heterocycles. The van der Waals surface area contributed by atoms with Crippen molar-refractivity contribution < 1.29 is 4.74 Å². The van der Waals surface area contributed by atoms with Gasteiger partial charge in [-0.2, -0.15) is 0 Å². The Kier molecular flexibility index (Phi) is 5.56. The Morgan fingerprint density at radius 1 is 1.20 bits per heavy atom. The van der Waals surface area contributed by atoms with Gasteiger partial charge in [0.05, 0.1) is 18.8 Å². The van der Waals surface area contributed by atoms with E-state index in [2.05, 4.69) is 45.3 Å². The smallest absolute Gasteiger partial charge is 0.137 e. The SMILES string of the molecule is CCCOc1cncc(C(NC)c2ccc(Br)cc2)c1. The molecular weight excluding hydrogens is 316 g/mol. The molecule has 1 N–H and O–H groups in total. The van der Waals surface area contributed by atoms with Gasteiger partial charge in [-0.1, -0.05) is 35.0 Å². The van der Waals surface area contributed by atoms with Crippen LogP contribution < -0.4 is 10.1 Å². The minimum absolute atomic E-state index is 0.112. The molecule has 0 fully saturated rings. The van der Waals surface area contributed by atoms with Crippen LogP contribution in [-0.4, -0.2) is 18.6 Å². The molecule has 106 valence electrons. The summed E-state index contributed by atoms with van der Waals surface area (Å²) in [6, 6.07) is 10.5. The molecule has 1 heterocycles. The van der Waals surface area contributed by atoms with Crippen molar-refractivity contribution in [3.63, 3.8) is 0 Å². The Bertz CT molecular complexity index is 542. The Balaban J connectivity index is 2.24. The van der Waals surface area contributed by atoms with Gasteiger partial charge in [0.1, 0.15) is 5.75 Å². The molecule has 0 radical (unpaired) electrons. The minimum atomic E-state index is 0.112. The van der Waals surface area contributed by atoms with Crippen molar-refractivity contribution in [2.45, 2.75) is 19.4 Å². The molecule has 1 atom stereocenters. The van der Waals surface area contributed by atoms with E-state index in [1.807, 2.05) is 31.4 Å². The number of hydrogen-bond donors (Lipinski definition) is 1. The summed E-state index contributed by atoms with van der Waals surface area (Å²) < 4.78 is 6.73. The average Bonchev–Trinajstić information content (AvgIpc) is 2.48. The van der Waals surface area contributed by atoms with Crippen molar-refractivity contribution in [2.24, 2.45) is 0 Å². The van der Waals surface area contributed by atoms with E-state index in [0.717, 1.165) is 22.2 Å². The largest absolute Gasteiger partial charge is 0.492 e. The molecule has 3 nitrogen and oxygen atoms in total. The van der Waals surface area contributed by atoms with Crippen molar-refractivity contribution in [3.8, 4) is 5.75 Å². The molecule has 0 aliphatic carbocycles. The molecule has 1 aromatic heterocycles. The van der Waals surface area contributed by atoms with Gasteiger partial charge < -0.3 is 10.1 Å². The van der Waals surface area contributed by atoms with Gasteiger partial charge in [-0.25, -0.2) is 0 Å². The third-order valence-electron chi connectivity index (χ3n) is 3.03. The summed E-state index contributed by atoms with van der Waals surface area (Å²) >= 11 is 3.46. The number of nitrogens with zero attached hydrogens (tertiary/aromatic N) is 1. The summed E-state index contributed by atoms with van der Waals surface area (Å²) in [6.07, 6.45) is 4.63. The fraction of sp³-hybridized carbons (Fsp3) is 0.312. The van der Waals surface area contributed by atoms with Gasteiger partial charge in [-0.05, 0) is 42.8 Å². The van der Waals surface area contributed by atoms with E-state index in [9.17, 15) is 0 Å². The van der Waals surface area contributed by atoms with Crippen molar-refractivity contribution in [2.75, 3.05) is 13.7 Å². The first-order valence-electron chi connectivity index (χ1n) is 6.75. The number of hydrogen-bond acceptors (Lipinski definition) is 3. The molecule has 0 spiro atoms. The van der Waals surface area contributed by atoms with Crippen LogP contribution in [0.25, 0.3) is 0 Å². The lowest BCUT2D eigenvalue weighted by Gasteiger charge is -2.17. The lowest BCUT2D eigenvalue weighted by Crippen LogP contribution is -2.17. The third kappa shape index (κ3) is 3.81. The van der Waals surface area contributed by atoms with Gasteiger partial charge in [0.25, 0.3) is 0 Å². The predicted octanol–water partition coefficient (Wildman–Crippen LogP) is 3.94. The van der Waals surface area contributed by atoms with E-state index in [0.29, 0.717) is 6.61 Å². The van der Waals surface area contributed by atoms with Gasteiger partial charge in [-0.15, -0.1) is 0 Å². The van der Waals surface area contributed by atoms with E-state index in [1.165, 1.54) is 5.56 Å². The van der Waals surface area contributed by atoms with E-state index in [1.54, 1.807) is 6.20 Å². The number of nitrogens with one attached hydrogen (secondary N) is 1. The summed E-state index contributed by atoms with van der Waals surface area (Å²) in [5, 5.41) is 3.33. The van der Waals surface area contributed by atoms with Crippen molar-refractivity contribution in [1.82, 2.24) is 10.3 Å². The Morgan fingerprint density at radius 3 is 2.60 bits per heavy atom. The van der Waals surface area contributed by atoms with Crippen LogP contribution in [0, 0.1) is 0 Å². The number of aromatic nitrogens is 1. The van der Waals surface area contributed by atoms with Crippen LogP contribution in [0.3, 0.4) is 0 Å². The second kappa shape index (κ2) is 7.41. The summed E-state index contributed by atoms with van der Waals surface area (Å²) in [7, 11) is 1.95. The Morgan fingerprint density at radius 2 is 1.95 bits per heavy atom. The highest BCUT2D eigenvalue weighted by Gasteiger charge is 2.13. The first kappa shape index (κ1) is 15.0. The Labute approximate surface area is 128 Å². The molecular formula is C16H19BrN2O. The van der Waals surface area contributed by atoms with Crippen LogP contribution in [0.1, 0.15) is 30.5 Å². The van der Waals surface area contributed by atoms with Crippen molar-refractivity contribution >= 4 is 15.9 Å². The maximum absolute atomic E-state index is 5.65. The number of ether oxygens (including phenoxy) is 1. The molecule has 2 rings (SSSR count). The summed E-state index contributed by atoms with van der Waals surface area (Å²) in [5.74, 6) is 0.821. The fourth-order valence-electron chi connectivity index (χ4n) is 2.07. The van der Waals surface area contributed by atoms with Crippen LogP contribution in [0.15, 0.2) is 47.2 Å². The van der Waals surface area contributed by atoms with E-state index >= 15 is 0 Å². The second-order valence-electron chi connectivity index (χ2n) is 4.58. The van der Waals surface area contributed by atoms with Gasteiger partial charge in [0, 0.05) is 10.7 Å². The first-order chi connectivity index (χ1) is 9.74. The van der Waals surface area contributed by atoms with Crippen molar-refractivity contribution in [3.05, 3.63) is 58.3 Å². The highest BCUT2D eigenvalue weighted by Crippen LogP contribution is 2.25. The van der Waals surface area contributed by atoms with E-state index in [-0.39, 0.29) is 6.04 Å². The van der Waals surface area contributed by atoms with E-state index < -0.39 is 0 Å². The summed E-state index contributed by atoms with van der Waals surface area (Å²) in [5.41, 5.74) is 2.30. The second-order valence-corrected chi connectivity index (χ2v) is 5.49. The average molecular weight is 335 g/mol. The zero-order chi connectivity index (χ0) is 14.4.